The van der Waals surface area contributed by atoms with Gasteiger partial charge in [-0.25, -0.2) is 0 Å². The molecular weight excluding hydrogens is 256 g/mol. The Morgan fingerprint density at radius 2 is 2.16 bits per heavy atom. The lowest BCUT2D eigenvalue weighted by molar-refractivity contribution is 0.191. The van der Waals surface area contributed by atoms with E-state index in [0.29, 0.717) is 6.61 Å². The quantitative estimate of drug-likeness (QED) is 0.607. The summed E-state index contributed by atoms with van der Waals surface area (Å²) in [5.41, 5.74) is 2.54. The average Bonchev–Trinajstić information content (AvgIpc) is 2.76. The van der Waals surface area contributed by atoms with Crippen molar-refractivity contribution in [3.05, 3.63) is 42.2 Å². The van der Waals surface area contributed by atoms with Crippen molar-refractivity contribution < 1.29 is 8.95 Å². The Labute approximate surface area is 118 Å². The van der Waals surface area contributed by atoms with Crippen LogP contribution in [-0.2, 0) is 15.5 Å². The van der Waals surface area contributed by atoms with Crippen LogP contribution in [0.4, 0.5) is 0 Å². The fraction of sp³-hybridized carbons (Fsp3) is 0.500. The van der Waals surface area contributed by atoms with Gasteiger partial charge in [0.1, 0.15) is 0 Å². The van der Waals surface area contributed by atoms with E-state index in [1.165, 1.54) is 5.56 Å². The Bertz CT molecular complexity index is 467. The molecule has 2 nitrogen and oxygen atoms in total. The zero-order valence-electron chi connectivity index (χ0n) is 11.7. The zero-order chi connectivity index (χ0) is 13.7. The minimum absolute atomic E-state index is 0.208. The van der Waals surface area contributed by atoms with Gasteiger partial charge in [-0.1, -0.05) is 37.3 Å². The maximum Gasteiger partial charge on any atom is 0.0879 e. The molecule has 3 heteroatoms. The van der Waals surface area contributed by atoms with E-state index in [1.807, 2.05) is 24.5 Å². The van der Waals surface area contributed by atoms with Crippen molar-refractivity contribution in [1.82, 2.24) is 0 Å². The van der Waals surface area contributed by atoms with Crippen molar-refractivity contribution in [2.24, 2.45) is 5.41 Å². The summed E-state index contributed by atoms with van der Waals surface area (Å²) < 4.78 is 17.1. The van der Waals surface area contributed by atoms with Crippen LogP contribution in [0.15, 0.2) is 36.6 Å². The second kappa shape index (κ2) is 6.38. The molecule has 1 heterocycles. The summed E-state index contributed by atoms with van der Waals surface area (Å²) in [6, 6.07) is 10.2. The van der Waals surface area contributed by atoms with Gasteiger partial charge in [0.25, 0.3) is 0 Å². The first-order valence-corrected chi connectivity index (χ1v) is 8.27. The zero-order valence-corrected chi connectivity index (χ0v) is 12.5. The third-order valence-corrected chi connectivity index (χ3v) is 5.43. The van der Waals surface area contributed by atoms with Gasteiger partial charge in [-0.15, -0.1) is 0 Å². The van der Waals surface area contributed by atoms with Crippen LogP contribution in [0.1, 0.15) is 32.3 Å². The molecule has 0 saturated carbocycles. The molecule has 2 unspecified atom stereocenters. The van der Waals surface area contributed by atoms with Gasteiger partial charge >= 0.3 is 0 Å². The molecule has 0 aromatic heterocycles. The fourth-order valence-corrected chi connectivity index (χ4v) is 4.28. The van der Waals surface area contributed by atoms with Gasteiger partial charge in [0, 0.05) is 22.3 Å². The van der Waals surface area contributed by atoms with Gasteiger partial charge in [0.05, 0.1) is 12.9 Å². The fourth-order valence-electron chi connectivity index (χ4n) is 2.35. The molecule has 19 heavy (non-hydrogen) atoms. The lowest BCUT2D eigenvalue weighted by Gasteiger charge is -2.21. The smallest absolute Gasteiger partial charge is 0.0879 e. The van der Waals surface area contributed by atoms with Crippen molar-refractivity contribution >= 4 is 16.4 Å². The van der Waals surface area contributed by atoms with Crippen LogP contribution in [0, 0.1) is 5.41 Å². The van der Waals surface area contributed by atoms with E-state index in [-0.39, 0.29) is 5.41 Å². The van der Waals surface area contributed by atoms with E-state index < -0.39 is 10.8 Å². The van der Waals surface area contributed by atoms with Crippen LogP contribution < -0.4 is 0 Å². The highest BCUT2D eigenvalue weighted by Gasteiger charge is 2.32. The molecule has 1 fully saturated rings. The maximum absolute atomic E-state index is 11.4. The Balaban J connectivity index is 1.79. The van der Waals surface area contributed by atoms with Crippen LogP contribution in [0.25, 0.3) is 5.57 Å². The highest BCUT2D eigenvalue weighted by molar-refractivity contribution is 7.85. The summed E-state index contributed by atoms with van der Waals surface area (Å²) in [6.07, 6.45) is 3.88. The number of rotatable bonds is 5. The second-order valence-electron chi connectivity index (χ2n) is 5.64. The summed E-state index contributed by atoms with van der Waals surface area (Å²) in [5, 5.41) is 0. The minimum Gasteiger partial charge on any atom is -0.501 e. The highest BCUT2D eigenvalue weighted by Crippen LogP contribution is 2.33. The molecule has 2 rings (SSSR count). The SMILES string of the molecule is C/C(=C/OCCC1(C)CCS(=O)C1)c1ccccc1. The standard InChI is InChI=1S/C16H22O2S/c1-14(15-6-4-3-5-7-15)12-18-10-8-16(2)9-11-19(17)13-16/h3-7,12H,8-11,13H2,1-2H3/b14-12-. The number of allylic oxidation sites excluding steroid dienone is 1. The van der Waals surface area contributed by atoms with E-state index in [2.05, 4.69) is 26.0 Å². The first kappa shape index (κ1) is 14.3. The first-order chi connectivity index (χ1) is 9.09. The molecule has 2 atom stereocenters. The van der Waals surface area contributed by atoms with E-state index in [0.717, 1.165) is 29.9 Å². The predicted octanol–water partition coefficient (Wildman–Crippen LogP) is 3.61. The van der Waals surface area contributed by atoms with Crippen molar-refractivity contribution in [3.63, 3.8) is 0 Å². The normalized spacial score (nSPS) is 27.5. The molecule has 1 aromatic carbocycles. The predicted molar refractivity (Wildman–Crippen MR) is 81.3 cm³/mol. The van der Waals surface area contributed by atoms with Gasteiger partial charge in [-0.3, -0.25) is 4.21 Å². The van der Waals surface area contributed by atoms with Crippen molar-refractivity contribution in [3.8, 4) is 0 Å². The van der Waals surface area contributed by atoms with Crippen LogP contribution in [0.5, 0.6) is 0 Å². The summed E-state index contributed by atoms with van der Waals surface area (Å²) in [6.45, 7) is 4.98. The average molecular weight is 278 g/mol. The summed E-state index contributed by atoms with van der Waals surface area (Å²) in [5.74, 6) is 1.69. The molecule has 104 valence electrons. The third kappa shape index (κ3) is 4.20. The molecule has 0 spiro atoms. The van der Waals surface area contributed by atoms with Crippen molar-refractivity contribution in [1.29, 1.82) is 0 Å². The van der Waals surface area contributed by atoms with E-state index in [1.54, 1.807) is 0 Å². The highest BCUT2D eigenvalue weighted by atomic mass is 32.2. The number of hydrogen-bond acceptors (Lipinski definition) is 2. The molecular formula is C16H22O2S. The van der Waals surface area contributed by atoms with Crippen LogP contribution in [0.3, 0.4) is 0 Å². The molecule has 0 radical (unpaired) electrons. The molecule has 1 aromatic rings. The topological polar surface area (TPSA) is 26.3 Å². The van der Waals surface area contributed by atoms with Crippen LogP contribution >= 0.6 is 0 Å². The summed E-state index contributed by atoms with van der Waals surface area (Å²) in [7, 11) is -0.607. The molecule has 0 amide bonds. The minimum atomic E-state index is -0.607. The summed E-state index contributed by atoms with van der Waals surface area (Å²) in [4.78, 5) is 0. The number of ether oxygens (including phenoxy) is 1. The van der Waals surface area contributed by atoms with Gasteiger partial charge < -0.3 is 4.74 Å². The number of benzene rings is 1. The first-order valence-electron chi connectivity index (χ1n) is 6.78. The molecule has 1 saturated heterocycles. The molecule has 1 aliphatic heterocycles. The lowest BCUT2D eigenvalue weighted by atomic mass is 9.87. The van der Waals surface area contributed by atoms with Crippen LogP contribution in [0.2, 0.25) is 0 Å². The van der Waals surface area contributed by atoms with Gasteiger partial charge in [0.15, 0.2) is 0 Å². The Hall–Kier alpha value is -1.09. The largest absolute Gasteiger partial charge is 0.501 e. The second-order valence-corrected chi connectivity index (χ2v) is 7.21. The Morgan fingerprint density at radius 1 is 1.42 bits per heavy atom. The maximum atomic E-state index is 11.4. The van der Waals surface area contributed by atoms with Crippen molar-refractivity contribution in [2.75, 3.05) is 18.1 Å². The Kier molecular flexibility index (Phi) is 4.81. The lowest BCUT2D eigenvalue weighted by Crippen LogP contribution is -2.18. The van der Waals surface area contributed by atoms with Gasteiger partial charge in [0.2, 0.25) is 0 Å². The molecule has 0 aliphatic carbocycles. The third-order valence-electron chi connectivity index (χ3n) is 3.76. The molecule has 0 bridgehead atoms. The van der Waals surface area contributed by atoms with Crippen LogP contribution in [-0.4, -0.2) is 22.3 Å². The van der Waals surface area contributed by atoms with E-state index >= 15 is 0 Å². The molecule has 0 N–H and O–H groups in total. The monoisotopic (exact) mass is 278 g/mol. The van der Waals surface area contributed by atoms with E-state index in [4.69, 9.17) is 4.74 Å². The van der Waals surface area contributed by atoms with Gasteiger partial charge in [-0.2, -0.15) is 0 Å². The number of hydrogen-bond donors (Lipinski definition) is 0. The van der Waals surface area contributed by atoms with Gasteiger partial charge in [-0.05, 0) is 36.3 Å². The summed E-state index contributed by atoms with van der Waals surface area (Å²) >= 11 is 0. The van der Waals surface area contributed by atoms with E-state index in [9.17, 15) is 4.21 Å². The Morgan fingerprint density at radius 3 is 2.79 bits per heavy atom. The van der Waals surface area contributed by atoms with Crippen molar-refractivity contribution in [2.45, 2.75) is 26.7 Å². The molecule has 1 aliphatic rings.